The van der Waals surface area contributed by atoms with E-state index in [1.807, 2.05) is 0 Å². The quantitative estimate of drug-likeness (QED) is 0.839. The molecule has 0 fully saturated rings. The third-order valence-electron chi connectivity index (χ3n) is 2.71. The van der Waals surface area contributed by atoms with Crippen LogP contribution >= 0.6 is 11.6 Å². The molecule has 4 nitrogen and oxygen atoms in total. The summed E-state index contributed by atoms with van der Waals surface area (Å²) in [6.45, 7) is 1.62. The molecule has 0 saturated heterocycles. The Hall–Kier alpha value is -1.55. The second kappa shape index (κ2) is 3.79. The van der Waals surface area contributed by atoms with Crippen LogP contribution in [0.25, 0.3) is 0 Å². The lowest BCUT2D eigenvalue weighted by Crippen LogP contribution is -2.44. The van der Waals surface area contributed by atoms with Crippen LogP contribution in [0.3, 0.4) is 0 Å². The number of carbonyl (C=O) groups excluding carboxylic acids is 2. The summed E-state index contributed by atoms with van der Waals surface area (Å²) in [5.74, 6) is -0.639. The molecule has 2 amide bonds. The molecule has 0 aliphatic carbocycles. The number of anilines is 1. The van der Waals surface area contributed by atoms with Crippen LogP contribution in [0.1, 0.15) is 12.5 Å². The van der Waals surface area contributed by atoms with Gasteiger partial charge < -0.3 is 5.73 Å². The van der Waals surface area contributed by atoms with Crippen molar-refractivity contribution in [1.29, 1.82) is 0 Å². The minimum Gasteiger partial charge on any atom is -0.368 e. The number of fused-ring (bicyclic) bond motifs is 1. The van der Waals surface area contributed by atoms with E-state index in [0.29, 0.717) is 5.02 Å². The van der Waals surface area contributed by atoms with Crippen LogP contribution in [0.5, 0.6) is 0 Å². The van der Waals surface area contributed by atoms with Crippen LogP contribution in [0.15, 0.2) is 18.2 Å². The number of rotatable bonds is 2. The van der Waals surface area contributed by atoms with Crippen molar-refractivity contribution in [2.24, 2.45) is 5.73 Å². The van der Waals surface area contributed by atoms with Crippen LogP contribution in [-0.4, -0.2) is 17.9 Å². The molecule has 0 aromatic heterocycles. The topological polar surface area (TPSA) is 63.4 Å². The van der Waals surface area contributed by atoms with Crippen molar-refractivity contribution >= 4 is 29.1 Å². The Morgan fingerprint density at radius 3 is 2.88 bits per heavy atom. The molecule has 1 aromatic rings. The summed E-state index contributed by atoms with van der Waals surface area (Å²) in [4.78, 5) is 24.3. The molecule has 0 radical (unpaired) electrons. The van der Waals surface area contributed by atoms with E-state index in [4.69, 9.17) is 17.3 Å². The first kappa shape index (κ1) is 11.0. The number of primary amides is 1. The van der Waals surface area contributed by atoms with Gasteiger partial charge in [-0.2, -0.15) is 0 Å². The zero-order valence-electron chi connectivity index (χ0n) is 8.74. The van der Waals surface area contributed by atoms with Gasteiger partial charge in [0.15, 0.2) is 0 Å². The van der Waals surface area contributed by atoms with Crippen molar-refractivity contribution in [2.45, 2.75) is 19.4 Å². The van der Waals surface area contributed by atoms with Gasteiger partial charge in [0.2, 0.25) is 11.8 Å². The predicted molar refractivity (Wildman–Crippen MR) is 61.3 cm³/mol. The smallest absolute Gasteiger partial charge is 0.240 e. The molecule has 0 spiro atoms. The fourth-order valence-corrected chi connectivity index (χ4v) is 2.06. The lowest BCUT2D eigenvalue weighted by atomic mass is 10.1. The Labute approximate surface area is 98.0 Å². The van der Waals surface area contributed by atoms with E-state index in [2.05, 4.69) is 0 Å². The lowest BCUT2D eigenvalue weighted by Gasteiger charge is -2.22. The molecule has 84 valence electrons. The Morgan fingerprint density at radius 1 is 1.56 bits per heavy atom. The van der Waals surface area contributed by atoms with E-state index in [1.165, 1.54) is 4.90 Å². The van der Waals surface area contributed by atoms with Gasteiger partial charge in [0, 0.05) is 10.7 Å². The Kier molecular flexibility index (Phi) is 2.59. The molecular formula is C11H11ClN2O2. The number of hydrogen-bond acceptors (Lipinski definition) is 2. The van der Waals surface area contributed by atoms with E-state index >= 15 is 0 Å². The molecule has 0 unspecified atom stereocenters. The molecular weight excluding hydrogens is 228 g/mol. The average Bonchev–Trinajstić information content (AvgIpc) is 2.51. The number of amides is 2. The first-order valence-corrected chi connectivity index (χ1v) is 5.28. The van der Waals surface area contributed by atoms with E-state index in [0.717, 1.165) is 11.3 Å². The summed E-state index contributed by atoms with van der Waals surface area (Å²) >= 11 is 5.84. The second-order valence-electron chi connectivity index (χ2n) is 3.79. The molecule has 1 heterocycles. The maximum absolute atomic E-state index is 11.8. The molecule has 2 rings (SSSR count). The minimum absolute atomic E-state index is 0.122. The minimum atomic E-state index is -0.630. The standard InChI is InChI=1S/C11H11ClN2O2/c1-6(11(13)16)14-9-3-2-8(12)4-7(9)5-10(14)15/h2-4,6H,5H2,1H3,(H2,13,16)/t6-/m1/s1. The number of nitrogens with zero attached hydrogens (tertiary/aromatic N) is 1. The zero-order valence-corrected chi connectivity index (χ0v) is 9.49. The number of nitrogens with two attached hydrogens (primary N) is 1. The highest BCUT2D eigenvalue weighted by Gasteiger charge is 2.33. The van der Waals surface area contributed by atoms with E-state index in [1.54, 1.807) is 25.1 Å². The summed E-state index contributed by atoms with van der Waals surface area (Å²) < 4.78 is 0. The normalized spacial score (nSPS) is 16.1. The van der Waals surface area contributed by atoms with Gasteiger partial charge in [0.1, 0.15) is 6.04 Å². The van der Waals surface area contributed by atoms with Crippen LogP contribution < -0.4 is 10.6 Å². The highest BCUT2D eigenvalue weighted by molar-refractivity contribution is 6.31. The fourth-order valence-electron chi connectivity index (χ4n) is 1.86. The molecule has 16 heavy (non-hydrogen) atoms. The van der Waals surface area contributed by atoms with E-state index in [-0.39, 0.29) is 12.3 Å². The predicted octanol–water partition coefficient (Wildman–Crippen LogP) is 1.10. The maximum Gasteiger partial charge on any atom is 0.240 e. The van der Waals surface area contributed by atoms with Gasteiger partial charge in [-0.25, -0.2) is 0 Å². The van der Waals surface area contributed by atoms with Gasteiger partial charge in [0.25, 0.3) is 0 Å². The summed E-state index contributed by atoms with van der Waals surface area (Å²) in [5, 5.41) is 0.583. The SMILES string of the molecule is C[C@H](C(N)=O)N1C(=O)Cc2cc(Cl)ccc21. The molecule has 5 heteroatoms. The summed E-state index contributed by atoms with van der Waals surface area (Å²) in [6.07, 6.45) is 0.271. The highest BCUT2D eigenvalue weighted by atomic mass is 35.5. The summed E-state index contributed by atoms with van der Waals surface area (Å²) in [5.41, 5.74) is 6.77. The number of benzene rings is 1. The van der Waals surface area contributed by atoms with Crippen molar-refractivity contribution in [3.05, 3.63) is 28.8 Å². The van der Waals surface area contributed by atoms with Gasteiger partial charge in [0.05, 0.1) is 6.42 Å². The first-order valence-electron chi connectivity index (χ1n) is 4.90. The van der Waals surface area contributed by atoms with E-state index in [9.17, 15) is 9.59 Å². The molecule has 0 saturated carbocycles. The van der Waals surface area contributed by atoms with Crippen molar-refractivity contribution in [2.75, 3.05) is 4.90 Å². The lowest BCUT2D eigenvalue weighted by molar-refractivity contribution is -0.123. The molecule has 1 aromatic carbocycles. The van der Waals surface area contributed by atoms with E-state index < -0.39 is 11.9 Å². The van der Waals surface area contributed by atoms with Crippen LogP contribution in [-0.2, 0) is 16.0 Å². The summed E-state index contributed by atoms with van der Waals surface area (Å²) in [7, 11) is 0. The molecule has 1 aliphatic rings. The summed E-state index contributed by atoms with van der Waals surface area (Å²) in [6, 6.07) is 4.54. The maximum atomic E-state index is 11.8. The van der Waals surface area contributed by atoms with Crippen molar-refractivity contribution in [3.63, 3.8) is 0 Å². The Balaban J connectivity index is 2.44. The van der Waals surface area contributed by atoms with Crippen LogP contribution in [0.4, 0.5) is 5.69 Å². The van der Waals surface area contributed by atoms with Gasteiger partial charge in [-0.3, -0.25) is 14.5 Å². The number of halogens is 1. The second-order valence-corrected chi connectivity index (χ2v) is 4.23. The number of carbonyl (C=O) groups is 2. The van der Waals surface area contributed by atoms with Crippen LogP contribution in [0.2, 0.25) is 5.02 Å². The molecule has 1 aliphatic heterocycles. The monoisotopic (exact) mass is 238 g/mol. The van der Waals surface area contributed by atoms with Crippen molar-refractivity contribution in [3.8, 4) is 0 Å². The first-order chi connectivity index (χ1) is 7.50. The third kappa shape index (κ3) is 1.65. The van der Waals surface area contributed by atoms with Gasteiger partial charge >= 0.3 is 0 Å². The average molecular weight is 239 g/mol. The van der Waals surface area contributed by atoms with Gasteiger partial charge in [-0.15, -0.1) is 0 Å². The van der Waals surface area contributed by atoms with Crippen molar-refractivity contribution < 1.29 is 9.59 Å². The third-order valence-corrected chi connectivity index (χ3v) is 2.95. The molecule has 0 bridgehead atoms. The van der Waals surface area contributed by atoms with Crippen molar-refractivity contribution in [1.82, 2.24) is 0 Å². The number of hydrogen-bond donors (Lipinski definition) is 1. The molecule has 1 atom stereocenters. The van der Waals surface area contributed by atoms with Gasteiger partial charge in [-0.1, -0.05) is 11.6 Å². The molecule has 2 N–H and O–H groups in total. The Bertz CT molecular complexity index is 473. The van der Waals surface area contributed by atoms with Crippen LogP contribution in [0, 0.1) is 0 Å². The largest absolute Gasteiger partial charge is 0.368 e. The fraction of sp³-hybridized carbons (Fsp3) is 0.273. The highest BCUT2D eigenvalue weighted by Crippen LogP contribution is 2.32. The van der Waals surface area contributed by atoms with Gasteiger partial charge in [-0.05, 0) is 30.7 Å². The Morgan fingerprint density at radius 2 is 2.25 bits per heavy atom. The zero-order chi connectivity index (χ0) is 11.9.